The van der Waals surface area contributed by atoms with Gasteiger partial charge in [0.2, 0.25) is 0 Å². The first-order valence-electron chi connectivity index (χ1n) is 6.86. The summed E-state index contributed by atoms with van der Waals surface area (Å²) in [6, 6.07) is 2.41. The van der Waals surface area contributed by atoms with Crippen LogP contribution in [0.3, 0.4) is 0 Å². The summed E-state index contributed by atoms with van der Waals surface area (Å²) < 4.78 is 9.48. The zero-order valence-corrected chi connectivity index (χ0v) is 12.1. The van der Waals surface area contributed by atoms with E-state index in [9.17, 15) is 19.7 Å². The Balaban J connectivity index is 1.77. The summed E-state index contributed by atoms with van der Waals surface area (Å²) in [5.41, 5.74) is 0. The Hall–Kier alpha value is -2.58. The van der Waals surface area contributed by atoms with Gasteiger partial charge in [-0.2, -0.15) is 0 Å². The molecule has 9 heteroatoms. The first-order chi connectivity index (χ1) is 10.5. The molecule has 1 fully saturated rings. The molecule has 120 valence electrons. The van der Waals surface area contributed by atoms with Gasteiger partial charge in [0.05, 0.1) is 13.2 Å². The Morgan fingerprint density at radius 1 is 1.45 bits per heavy atom. The van der Waals surface area contributed by atoms with Gasteiger partial charge >= 0.3 is 12.0 Å². The van der Waals surface area contributed by atoms with Crippen LogP contribution in [-0.4, -0.2) is 48.6 Å². The van der Waals surface area contributed by atoms with Gasteiger partial charge < -0.3 is 19.4 Å². The number of hydrogen-bond donors (Lipinski definition) is 1. The van der Waals surface area contributed by atoms with Gasteiger partial charge in [0.25, 0.3) is 5.91 Å². The summed E-state index contributed by atoms with van der Waals surface area (Å²) in [5.74, 6) is -0.784. The average Bonchev–Trinajstić information content (AvgIpc) is 3.02. The molecule has 0 unspecified atom stereocenters. The summed E-state index contributed by atoms with van der Waals surface area (Å²) in [4.78, 5) is 34.6. The number of amides is 2. The van der Waals surface area contributed by atoms with Crippen LogP contribution in [0.4, 0.5) is 10.7 Å². The predicted octanol–water partition coefficient (Wildman–Crippen LogP) is 1.40. The monoisotopic (exact) mass is 311 g/mol. The molecule has 1 aromatic rings. The van der Waals surface area contributed by atoms with Gasteiger partial charge in [-0.15, -0.1) is 0 Å². The molecule has 0 atom stereocenters. The highest BCUT2D eigenvalue weighted by Crippen LogP contribution is 2.18. The minimum atomic E-state index is -0.695. The van der Waals surface area contributed by atoms with Crippen molar-refractivity contribution in [2.45, 2.75) is 12.8 Å². The predicted molar refractivity (Wildman–Crippen MR) is 74.4 cm³/mol. The molecule has 1 aliphatic rings. The quantitative estimate of drug-likeness (QED) is 0.663. The Morgan fingerprint density at radius 2 is 2.14 bits per heavy atom. The maximum Gasteiger partial charge on any atom is 0.433 e. The van der Waals surface area contributed by atoms with E-state index >= 15 is 0 Å². The topological polar surface area (TPSA) is 115 Å². The molecule has 2 heterocycles. The molecule has 0 aromatic carbocycles. The molecule has 0 spiro atoms. The number of piperidine rings is 1. The summed E-state index contributed by atoms with van der Waals surface area (Å²) in [5, 5.41) is 13.2. The third kappa shape index (κ3) is 3.74. The Kier molecular flexibility index (Phi) is 4.97. The highest BCUT2D eigenvalue weighted by molar-refractivity contribution is 5.91. The van der Waals surface area contributed by atoms with E-state index < -0.39 is 16.7 Å². The van der Waals surface area contributed by atoms with Crippen LogP contribution in [0.1, 0.15) is 23.4 Å². The van der Waals surface area contributed by atoms with Gasteiger partial charge in [-0.25, -0.2) is 4.79 Å². The Labute approximate surface area is 126 Å². The van der Waals surface area contributed by atoms with E-state index in [1.165, 1.54) is 13.2 Å². The van der Waals surface area contributed by atoms with Gasteiger partial charge in [0.1, 0.15) is 4.92 Å². The average molecular weight is 311 g/mol. The molecule has 1 aromatic heterocycles. The molecule has 2 amide bonds. The van der Waals surface area contributed by atoms with Crippen LogP contribution < -0.4 is 5.32 Å². The van der Waals surface area contributed by atoms with Crippen LogP contribution in [0.2, 0.25) is 0 Å². The van der Waals surface area contributed by atoms with Gasteiger partial charge in [-0.1, -0.05) is 0 Å². The number of carbonyl (C=O) groups excluding carboxylic acids is 2. The SMILES string of the molecule is COC(=O)N1CCC(CNC(=O)c2ccc([N+](=O)[O-])o2)CC1. The first kappa shape index (κ1) is 15.8. The van der Waals surface area contributed by atoms with Crippen LogP contribution in [-0.2, 0) is 4.74 Å². The van der Waals surface area contributed by atoms with Crippen molar-refractivity contribution in [3.63, 3.8) is 0 Å². The lowest BCUT2D eigenvalue weighted by molar-refractivity contribution is -0.402. The van der Waals surface area contributed by atoms with Crippen molar-refractivity contribution in [1.82, 2.24) is 10.2 Å². The Morgan fingerprint density at radius 3 is 2.68 bits per heavy atom. The first-order valence-corrected chi connectivity index (χ1v) is 6.86. The van der Waals surface area contributed by atoms with Crippen molar-refractivity contribution >= 4 is 17.9 Å². The van der Waals surface area contributed by atoms with Gasteiger partial charge in [-0.05, 0) is 24.8 Å². The second-order valence-corrected chi connectivity index (χ2v) is 5.01. The van der Waals surface area contributed by atoms with E-state index in [1.54, 1.807) is 4.90 Å². The maximum absolute atomic E-state index is 11.8. The van der Waals surface area contributed by atoms with E-state index in [-0.39, 0.29) is 17.8 Å². The highest BCUT2D eigenvalue weighted by Gasteiger charge is 2.24. The van der Waals surface area contributed by atoms with Crippen molar-refractivity contribution in [1.29, 1.82) is 0 Å². The van der Waals surface area contributed by atoms with Crippen molar-refractivity contribution in [3.05, 3.63) is 28.0 Å². The lowest BCUT2D eigenvalue weighted by atomic mass is 9.97. The number of methoxy groups -OCH3 is 1. The number of nitrogens with zero attached hydrogens (tertiary/aromatic N) is 2. The van der Waals surface area contributed by atoms with E-state index in [0.29, 0.717) is 19.6 Å². The van der Waals surface area contributed by atoms with Crippen molar-refractivity contribution in [2.24, 2.45) is 5.92 Å². The molecule has 0 aliphatic carbocycles. The van der Waals surface area contributed by atoms with E-state index in [2.05, 4.69) is 10.1 Å². The summed E-state index contributed by atoms with van der Waals surface area (Å²) in [6.07, 6.45) is 1.17. The normalized spacial score (nSPS) is 15.4. The third-order valence-electron chi connectivity index (χ3n) is 3.59. The number of ether oxygens (including phenoxy) is 1. The van der Waals surface area contributed by atoms with E-state index in [4.69, 9.17) is 4.42 Å². The molecule has 1 aliphatic heterocycles. The van der Waals surface area contributed by atoms with Crippen molar-refractivity contribution in [2.75, 3.05) is 26.7 Å². The molecule has 0 radical (unpaired) electrons. The standard InChI is InChI=1S/C13H17N3O6/c1-21-13(18)15-6-4-9(5-7-15)8-14-12(17)10-2-3-11(22-10)16(19)20/h2-3,9H,4-8H2,1H3,(H,14,17). The molecular weight excluding hydrogens is 294 g/mol. The summed E-state index contributed by atoms with van der Waals surface area (Å²) in [6.45, 7) is 1.60. The van der Waals surface area contributed by atoms with Crippen molar-refractivity contribution in [3.8, 4) is 0 Å². The number of rotatable bonds is 4. The van der Waals surface area contributed by atoms with Gasteiger partial charge in [0, 0.05) is 19.6 Å². The number of furan rings is 1. The number of nitrogens with one attached hydrogen (secondary N) is 1. The number of nitro groups is 1. The van der Waals surface area contributed by atoms with Crippen LogP contribution in [0.25, 0.3) is 0 Å². The Bertz CT molecular complexity index is 562. The second-order valence-electron chi connectivity index (χ2n) is 5.01. The number of likely N-dealkylation sites (tertiary alicyclic amines) is 1. The van der Waals surface area contributed by atoms with Gasteiger partial charge in [-0.3, -0.25) is 14.9 Å². The molecule has 2 rings (SSSR count). The van der Waals surface area contributed by atoms with Crippen LogP contribution in [0.15, 0.2) is 16.5 Å². The summed E-state index contributed by atoms with van der Waals surface area (Å²) in [7, 11) is 1.34. The molecule has 1 N–H and O–H groups in total. The number of hydrogen-bond acceptors (Lipinski definition) is 6. The molecule has 0 saturated carbocycles. The fraction of sp³-hybridized carbons (Fsp3) is 0.538. The van der Waals surface area contributed by atoms with Crippen LogP contribution >= 0.6 is 0 Å². The lowest BCUT2D eigenvalue weighted by Gasteiger charge is -2.30. The van der Waals surface area contributed by atoms with Crippen LogP contribution in [0, 0.1) is 16.0 Å². The molecule has 9 nitrogen and oxygen atoms in total. The van der Waals surface area contributed by atoms with E-state index in [0.717, 1.165) is 18.9 Å². The smallest absolute Gasteiger partial charge is 0.433 e. The highest BCUT2D eigenvalue weighted by atomic mass is 16.6. The second kappa shape index (κ2) is 6.92. The zero-order valence-electron chi connectivity index (χ0n) is 12.1. The lowest BCUT2D eigenvalue weighted by Crippen LogP contribution is -2.41. The molecule has 0 bridgehead atoms. The van der Waals surface area contributed by atoms with E-state index in [1.807, 2.05) is 0 Å². The molecular formula is C13H17N3O6. The summed E-state index contributed by atoms with van der Waals surface area (Å²) >= 11 is 0. The van der Waals surface area contributed by atoms with Crippen LogP contribution in [0.5, 0.6) is 0 Å². The molecule has 22 heavy (non-hydrogen) atoms. The zero-order chi connectivity index (χ0) is 16.1. The minimum Gasteiger partial charge on any atom is -0.453 e. The third-order valence-corrected chi connectivity index (χ3v) is 3.59. The fourth-order valence-electron chi connectivity index (χ4n) is 2.32. The number of carbonyl (C=O) groups is 2. The molecule has 1 saturated heterocycles. The fourth-order valence-corrected chi connectivity index (χ4v) is 2.32. The van der Waals surface area contributed by atoms with Crippen molar-refractivity contribution < 1.29 is 23.7 Å². The minimum absolute atomic E-state index is 0.0845. The largest absolute Gasteiger partial charge is 0.453 e. The van der Waals surface area contributed by atoms with Gasteiger partial charge in [0.15, 0.2) is 5.76 Å². The maximum atomic E-state index is 11.8.